The summed E-state index contributed by atoms with van der Waals surface area (Å²) in [6, 6.07) is 8.80. The van der Waals surface area contributed by atoms with Gasteiger partial charge in [0.15, 0.2) is 0 Å². The van der Waals surface area contributed by atoms with Crippen molar-refractivity contribution in [1.29, 1.82) is 0 Å². The largest absolute Gasteiger partial charge is 0.357 e. The van der Waals surface area contributed by atoms with E-state index in [2.05, 4.69) is 45.9 Å². The minimum Gasteiger partial charge on any atom is -0.357 e. The minimum atomic E-state index is 0.216. The molecular formula is C16H18N4. The van der Waals surface area contributed by atoms with Gasteiger partial charge in [-0.25, -0.2) is 0 Å². The van der Waals surface area contributed by atoms with Crippen molar-refractivity contribution < 1.29 is 0 Å². The summed E-state index contributed by atoms with van der Waals surface area (Å²) in [5.74, 6) is 0. The van der Waals surface area contributed by atoms with Crippen LogP contribution in [0.3, 0.4) is 0 Å². The normalized spacial score (nSPS) is 18.9. The molecule has 1 atom stereocenters. The molecule has 0 radical (unpaired) electrons. The summed E-state index contributed by atoms with van der Waals surface area (Å²) >= 11 is 0. The molecule has 0 fully saturated rings. The van der Waals surface area contributed by atoms with Crippen molar-refractivity contribution in [1.82, 2.24) is 20.1 Å². The highest BCUT2D eigenvalue weighted by atomic mass is 15.2. The Morgan fingerprint density at radius 2 is 2.20 bits per heavy atom. The van der Waals surface area contributed by atoms with E-state index < -0.39 is 0 Å². The van der Waals surface area contributed by atoms with Crippen LogP contribution in [0.15, 0.2) is 36.7 Å². The van der Waals surface area contributed by atoms with Gasteiger partial charge >= 0.3 is 0 Å². The molecule has 0 spiro atoms. The summed E-state index contributed by atoms with van der Waals surface area (Å²) in [4.78, 5) is 3.61. The first-order chi connectivity index (χ1) is 9.83. The Bertz CT molecular complexity index is 753. The van der Waals surface area contributed by atoms with Crippen LogP contribution in [0.2, 0.25) is 0 Å². The number of nitrogens with zero attached hydrogens (tertiary/aromatic N) is 2. The zero-order valence-corrected chi connectivity index (χ0v) is 11.6. The standard InChI is InChI=1S/C16H18N4/c1-20-10-11(9-18-20)15-16-13(6-4-8-17-15)12-5-2-3-7-14(12)19-16/h2-3,5,7,9-10,15,17,19H,4,6,8H2,1H3. The van der Waals surface area contributed by atoms with Crippen molar-refractivity contribution in [2.75, 3.05) is 6.54 Å². The molecule has 0 saturated heterocycles. The Balaban J connectivity index is 1.91. The zero-order chi connectivity index (χ0) is 13.5. The van der Waals surface area contributed by atoms with Gasteiger partial charge in [0.05, 0.1) is 12.2 Å². The molecule has 0 bridgehead atoms. The Hall–Kier alpha value is -2.07. The van der Waals surface area contributed by atoms with Gasteiger partial charge in [-0.1, -0.05) is 18.2 Å². The molecular weight excluding hydrogens is 248 g/mol. The number of para-hydroxylation sites is 1. The molecule has 0 saturated carbocycles. The molecule has 1 aliphatic heterocycles. The number of fused-ring (bicyclic) bond motifs is 3. The van der Waals surface area contributed by atoms with Crippen molar-refractivity contribution in [2.24, 2.45) is 7.05 Å². The van der Waals surface area contributed by atoms with E-state index in [-0.39, 0.29) is 6.04 Å². The fourth-order valence-corrected chi connectivity index (χ4v) is 3.22. The Morgan fingerprint density at radius 3 is 3.05 bits per heavy atom. The maximum atomic E-state index is 4.31. The van der Waals surface area contributed by atoms with Gasteiger partial charge in [-0.3, -0.25) is 4.68 Å². The molecule has 0 amide bonds. The van der Waals surface area contributed by atoms with Crippen molar-refractivity contribution in [3.8, 4) is 0 Å². The number of H-pyrrole nitrogens is 1. The summed E-state index contributed by atoms with van der Waals surface area (Å²) < 4.78 is 1.87. The van der Waals surface area contributed by atoms with Gasteiger partial charge in [-0.05, 0) is 31.0 Å². The number of hydrogen-bond donors (Lipinski definition) is 2. The maximum Gasteiger partial charge on any atom is 0.0763 e. The zero-order valence-electron chi connectivity index (χ0n) is 11.6. The van der Waals surface area contributed by atoms with Crippen molar-refractivity contribution in [2.45, 2.75) is 18.9 Å². The van der Waals surface area contributed by atoms with Crippen LogP contribution in [0.5, 0.6) is 0 Å². The number of benzene rings is 1. The van der Waals surface area contributed by atoms with E-state index in [4.69, 9.17) is 0 Å². The number of aromatic amines is 1. The average molecular weight is 266 g/mol. The highest BCUT2D eigenvalue weighted by Crippen LogP contribution is 2.32. The van der Waals surface area contributed by atoms with Crippen LogP contribution in [-0.2, 0) is 13.5 Å². The molecule has 4 rings (SSSR count). The predicted molar refractivity (Wildman–Crippen MR) is 79.7 cm³/mol. The van der Waals surface area contributed by atoms with Gasteiger partial charge in [0, 0.05) is 35.4 Å². The first kappa shape index (κ1) is 11.7. The monoisotopic (exact) mass is 266 g/mol. The van der Waals surface area contributed by atoms with Crippen molar-refractivity contribution >= 4 is 10.9 Å². The van der Waals surface area contributed by atoms with Crippen LogP contribution < -0.4 is 5.32 Å². The van der Waals surface area contributed by atoms with E-state index in [1.807, 2.05) is 17.9 Å². The van der Waals surface area contributed by atoms with E-state index in [1.54, 1.807) is 0 Å². The third-order valence-electron chi connectivity index (χ3n) is 4.15. The molecule has 1 aromatic carbocycles. The molecule has 3 heterocycles. The fourth-order valence-electron chi connectivity index (χ4n) is 3.22. The molecule has 4 nitrogen and oxygen atoms in total. The van der Waals surface area contributed by atoms with Gasteiger partial charge in [-0.2, -0.15) is 5.10 Å². The van der Waals surface area contributed by atoms with Gasteiger partial charge < -0.3 is 10.3 Å². The summed E-state index contributed by atoms with van der Waals surface area (Å²) in [7, 11) is 1.96. The maximum absolute atomic E-state index is 4.31. The van der Waals surface area contributed by atoms with Gasteiger partial charge in [0.1, 0.15) is 0 Å². The lowest BCUT2D eigenvalue weighted by Gasteiger charge is -2.14. The Morgan fingerprint density at radius 1 is 1.30 bits per heavy atom. The summed E-state index contributed by atoms with van der Waals surface area (Å²) in [5.41, 5.74) is 5.22. The van der Waals surface area contributed by atoms with E-state index in [0.29, 0.717) is 0 Å². The smallest absolute Gasteiger partial charge is 0.0763 e. The molecule has 2 N–H and O–H groups in total. The highest BCUT2D eigenvalue weighted by molar-refractivity contribution is 5.85. The average Bonchev–Trinajstić information content (AvgIpc) is 2.98. The number of nitrogens with one attached hydrogen (secondary N) is 2. The molecule has 3 aromatic rings. The lowest BCUT2D eigenvalue weighted by Crippen LogP contribution is -2.22. The van der Waals surface area contributed by atoms with Gasteiger partial charge in [-0.15, -0.1) is 0 Å². The van der Waals surface area contributed by atoms with E-state index in [9.17, 15) is 0 Å². The van der Waals surface area contributed by atoms with Gasteiger partial charge in [0.2, 0.25) is 0 Å². The van der Waals surface area contributed by atoms with Crippen LogP contribution in [0.25, 0.3) is 10.9 Å². The first-order valence-electron chi connectivity index (χ1n) is 7.14. The summed E-state index contributed by atoms with van der Waals surface area (Å²) in [6.07, 6.45) is 6.35. The van der Waals surface area contributed by atoms with Crippen LogP contribution in [0.1, 0.15) is 29.3 Å². The SMILES string of the molecule is Cn1cc(C2NCCCc3c2[nH]c2ccccc32)cn1. The lowest BCUT2D eigenvalue weighted by atomic mass is 10.0. The first-order valence-corrected chi connectivity index (χ1v) is 7.14. The van der Waals surface area contributed by atoms with Crippen molar-refractivity contribution in [3.05, 3.63) is 53.5 Å². The summed E-state index contributed by atoms with van der Waals surface area (Å²) in [5, 5.41) is 9.32. The Kier molecular flexibility index (Phi) is 2.63. The number of rotatable bonds is 1. The molecule has 102 valence electrons. The number of aryl methyl sites for hydroxylation is 2. The topological polar surface area (TPSA) is 45.6 Å². The lowest BCUT2D eigenvalue weighted by molar-refractivity contribution is 0.600. The second-order valence-electron chi connectivity index (χ2n) is 5.50. The second kappa shape index (κ2) is 4.49. The molecule has 4 heteroatoms. The van der Waals surface area contributed by atoms with Crippen LogP contribution >= 0.6 is 0 Å². The fraction of sp³-hybridized carbons (Fsp3) is 0.312. The molecule has 0 aliphatic carbocycles. The van der Waals surface area contributed by atoms with E-state index >= 15 is 0 Å². The number of hydrogen-bond acceptors (Lipinski definition) is 2. The van der Waals surface area contributed by atoms with Crippen LogP contribution in [0, 0.1) is 0 Å². The predicted octanol–water partition coefficient (Wildman–Crippen LogP) is 2.53. The molecule has 1 unspecified atom stereocenters. The van der Waals surface area contributed by atoms with E-state index in [0.717, 1.165) is 13.0 Å². The number of aromatic nitrogens is 3. The van der Waals surface area contributed by atoms with Gasteiger partial charge in [0.25, 0.3) is 0 Å². The Labute approximate surface area is 117 Å². The summed E-state index contributed by atoms with van der Waals surface area (Å²) in [6.45, 7) is 1.04. The quantitative estimate of drug-likeness (QED) is 0.711. The van der Waals surface area contributed by atoms with E-state index in [1.165, 1.54) is 34.1 Å². The van der Waals surface area contributed by atoms with Crippen LogP contribution in [0.4, 0.5) is 0 Å². The van der Waals surface area contributed by atoms with Crippen molar-refractivity contribution in [3.63, 3.8) is 0 Å². The third-order valence-corrected chi connectivity index (χ3v) is 4.15. The molecule has 1 aliphatic rings. The second-order valence-corrected chi connectivity index (χ2v) is 5.50. The molecule has 20 heavy (non-hydrogen) atoms. The third kappa shape index (κ3) is 1.76. The highest BCUT2D eigenvalue weighted by Gasteiger charge is 2.24. The van der Waals surface area contributed by atoms with Crippen LogP contribution in [-0.4, -0.2) is 21.3 Å². The molecule has 2 aromatic heterocycles. The minimum absolute atomic E-state index is 0.216.